The Morgan fingerprint density at radius 1 is 0.468 bits per heavy atom. The molecule has 0 aromatic rings. The van der Waals surface area contributed by atoms with Gasteiger partial charge in [0.2, 0.25) is 0 Å². The van der Waals surface area contributed by atoms with Crippen molar-refractivity contribution in [1.82, 2.24) is 0 Å². The standard InChI is InChI=1S/C39H75O7P/c1-3-5-7-9-11-13-15-17-19-21-23-25-27-29-31-33-38(40)44-35-37(36-45-47(42)43)46-39(41)34-32-30-28-26-24-22-20-18-16-14-12-10-8-6-4-2/h37H,3-36H2,1-2H3/t37-/m1/s1. The Hall–Kier alpha value is -1.04. The summed E-state index contributed by atoms with van der Waals surface area (Å²) in [5, 5.41) is 0. The van der Waals surface area contributed by atoms with Crippen molar-refractivity contribution in [1.29, 1.82) is 0 Å². The normalized spacial score (nSPS) is 12.3. The lowest BCUT2D eigenvalue weighted by Crippen LogP contribution is -2.29. The highest BCUT2D eigenvalue weighted by atomic mass is 31.1. The minimum atomic E-state index is -3.07. The summed E-state index contributed by atoms with van der Waals surface area (Å²) in [5.74, 6) is -0.762. The first kappa shape index (κ1) is 46.0. The van der Waals surface area contributed by atoms with Crippen molar-refractivity contribution in [3.8, 4) is 0 Å². The lowest BCUT2D eigenvalue weighted by molar-refractivity contribution is -0.190. The Bertz CT molecular complexity index is 703. The fraction of sp³-hybridized carbons (Fsp3) is 0.949. The maximum atomic E-state index is 12.3. The van der Waals surface area contributed by atoms with Crippen LogP contribution in [0, 0.1) is 0 Å². The minimum Gasteiger partial charge on any atom is -0.566 e. The van der Waals surface area contributed by atoms with E-state index in [1.54, 1.807) is 0 Å². The van der Waals surface area contributed by atoms with E-state index < -0.39 is 20.3 Å². The molecule has 0 radical (unpaired) electrons. The van der Waals surface area contributed by atoms with E-state index in [2.05, 4.69) is 18.4 Å². The van der Waals surface area contributed by atoms with Crippen LogP contribution < -0.4 is 4.89 Å². The molecule has 0 aliphatic rings. The predicted molar refractivity (Wildman–Crippen MR) is 193 cm³/mol. The van der Waals surface area contributed by atoms with E-state index in [-0.39, 0.29) is 25.6 Å². The highest BCUT2D eigenvalue weighted by Crippen LogP contribution is 2.16. The molecule has 0 saturated heterocycles. The van der Waals surface area contributed by atoms with E-state index in [4.69, 9.17) is 9.47 Å². The molecule has 0 aliphatic carbocycles. The molecule has 0 spiro atoms. The zero-order valence-corrected chi connectivity index (χ0v) is 31.8. The summed E-state index contributed by atoms with van der Waals surface area (Å²) < 4.78 is 26.2. The maximum absolute atomic E-state index is 12.3. The average Bonchev–Trinajstić information content (AvgIpc) is 3.05. The highest BCUT2D eigenvalue weighted by molar-refractivity contribution is 7.30. The second kappa shape index (κ2) is 37.8. The molecule has 0 aromatic carbocycles. The quantitative estimate of drug-likeness (QED) is 0.0362. The fourth-order valence-corrected chi connectivity index (χ4v) is 6.33. The van der Waals surface area contributed by atoms with Gasteiger partial charge in [0.1, 0.15) is 13.2 Å². The van der Waals surface area contributed by atoms with Gasteiger partial charge in [0, 0.05) is 12.8 Å². The first-order chi connectivity index (χ1) is 23.0. The van der Waals surface area contributed by atoms with Crippen molar-refractivity contribution in [3.05, 3.63) is 0 Å². The summed E-state index contributed by atoms with van der Waals surface area (Å²) in [5.41, 5.74) is 0. The van der Waals surface area contributed by atoms with E-state index in [0.29, 0.717) is 6.42 Å². The number of hydrogen-bond donors (Lipinski definition) is 0. The number of carbonyl (C=O) groups excluding carboxylic acids is 2. The third kappa shape index (κ3) is 37.6. The van der Waals surface area contributed by atoms with Crippen LogP contribution in [0.1, 0.15) is 219 Å². The molecule has 7 nitrogen and oxygen atoms in total. The monoisotopic (exact) mass is 687 g/mol. The topological polar surface area (TPSA) is 102 Å². The molecule has 0 amide bonds. The molecule has 47 heavy (non-hydrogen) atoms. The summed E-state index contributed by atoms with van der Waals surface area (Å²) in [4.78, 5) is 35.4. The lowest BCUT2D eigenvalue weighted by Gasteiger charge is -2.16. The first-order valence-corrected chi connectivity index (χ1v) is 21.2. The summed E-state index contributed by atoms with van der Waals surface area (Å²) in [6.07, 6.45) is 37.4. The number of ether oxygens (including phenoxy) is 2. The summed E-state index contributed by atoms with van der Waals surface area (Å²) >= 11 is 0. The second-order valence-corrected chi connectivity index (χ2v) is 14.4. The molecule has 0 heterocycles. The number of hydrogen-bond acceptors (Lipinski definition) is 7. The minimum absolute atomic E-state index is 0.189. The van der Waals surface area contributed by atoms with Crippen LogP contribution in [0.4, 0.5) is 0 Å². The third-order valence-corrected chi connectivity index (χ3v) is 9.42. The molecule has 0 aliphatic heterocycles. The number of esters is 2. The van der Waals surface area contributed by atoms with Crippen LogP contribution in [0.5, 0.6) is 0 Å². The third-order valence-electron chi connectivity index (χ3n) is 9.06. The Morgan fingerprint density at radius 3 is 1.09 bits per heavy atom. The van der Waals surface area contributed by atoms with Gasteiger partial charge in [0.05, 0.1) is 0 Å². The average molecular weight is 687 g/mol. The van der Waals surface area contributed by atoms with Crippen molar-refractivity contribution < 1.29 is 33.0 Å². The first-order valence-electron chi connectivity index (χ1n) is 20.1. The molecule has 0 fully saturated rings. The molecule has 0 N–H and O–H groups in total. The smallest absolute Gasteiger partial charge is 0.488 e. The van der Waals surface area contributed by atoms with Crippen molar-refractivity contribution in [2.75, 3.05) is 13.2 Å². The number of unbranched alkanes of at least 4 members (excludes halogenated alkanes) is 28. The highest BCUT2D eigenvalue weighted by Gasteiger charge is 2.20. The van der Waals surface area contributed by atoms with Gasteiger partial charge >= 0.3 is 20.2 Å². The Morgan fingerprint density at radius 2 is 0.766 bits per heavy atom. The molecular weight excluding hydrogens is 611 g/mol. The molecule has 1 unspecified atom stereocenters. The van der Waals surface area contributed by atoms with E-state index in [0.717, 1.165) is 38.5 Å². The molecule has 0 saturated carbocycles. The SMILES string of the molecule is CCCCCCCCCCCCCCCCCC(=O)OC[C@H](CO[P+](=O)[O-])OC(=O)CCCCCCCCCCCCCCCCC. The van der Waals surface area contributed by atoms with E-state index >= 15 is 0 Å². The molecular formula is C39H75O7P. The zero-order valence-electron chi connectivity index (χ0n) is 30.9. The Labute approximate surface area is 291 Å². The molecule has 0 rings (SSSR count). The lowest BCUT2D eigenvalue weighted by atomic mass is 10.0. The Balaban J connectivity index is 3.78. The molecule has 0 bridgehead atoms. The summed E-state index contributed by atoms with van der Waals surface area (Å²) in [6, 6.07) is 0. The fourth-order valence-electron chi connectivity index (χ4n) is 6.04. The van der Waals surface area contributed by atoms with Crippen LogP contribution in [0.15, 0.2) is 0 Å². The van der Waals surface area contributed by atoms with Gasteiger partial charge in [-0.2, -0.15) is 0 Å². The number of carbonyl (C=O) groups is 2. The van der Waals surface area contributed by atoms with Crippen molar-refractivity contribution in [2.24, 2.45) is 0 Å². The van der Waals surface area contributed by atoms with E-state index in [9.17, 15) is 19.0 Å². The van der Waals surface area contributed by atoms with Crippen LogP contribution in [0.25, 0.3) is 0 Å². The van der Waals surface area contributed by atoms with Crippen molar-refractivity contribution in [3.63, 3.8) is 0 Å². The summed E-state index contributed by atoms with van der Waals surface area (Å²) in [6.45, 7) is 3.99. The zero-order chi connectivity index (χ0) is 34.5. The second-order valence-electron chi connectivity index (χ2n) is 13.7. The van der Waals surface area contributed by atoms with Crippen molar-refractivity contribution in [2.45, 2.75) is 225 Å². The van der Waals surface area contributed by atoms with Gasteiger partial charge in [-0.05, 0) is 17.4 Å². The van der Waals surface area contributed by atoms with Gasteiger partial charge in [-0.3, -0.25) is 9.59 Å². The van der Waals surface area contributed by atoms with Crippen LogP contribution in [-0.2, 0) is 28.2 Å². The van der Waals surface area contributed by atoms with Gasteiger partial charge in [-0.25, -0.2) is 0 Å². The van der Waals surface area contributed by atoms with Gasteiger partial charge in [-0.15, -0.1) is 4.52 Å². The van der Waals surface area contributed by atoms with Crippen LogP contribution in [-0.4, -0.2) is 31.3 Å². The van der Waals surface area contributed by atoms with Crippen molar-refractivity contribution >= 4 is 20.2 Å². The van der Waals surface area contributed by atoms with Crippen LogP contribution in [0.2, 0.25) is 0 Å². The number of rotatable bonds is 38. The Kier molecular flexibility index (Phi) is 36.9. The predicted octanol–water partition coefficient (Wildman–Crippen LogP) is 12.0. The van der Waals surface area contributed by atoms with Gasteiger partial charge in [0.25, 0.3) is 0 Å². The summed E-state index contributed by atoms with van der Waals surface area (Å²) in [7, 11) is -3.07. The maximum Gasteiger partial charge on any atom is 0.488 e. The van der Waals surface area contributed by atoms with Gasteiger partial charge < -0.3 is 14.4 Å². The van der Waals surface area contributed by atoms with Crippen LogP contribution >= 0.6 is 8.25 Å². The molecule has 278 valence electrons. The van der Waals surface area contributed by atoms with Gasteiger partial charge in [0.15, 0.2) is 6.10 Å². The van der Waals surface area contributed by atoms with Crippen LogP contribution in [0.3, 0.4) is 0 Å². The molecule has 8 heteroatoms. The largest absolute Gasteiger partial charge is 0.566 e. The molecule has 2 atom stereocenters. The van der Waals surface area contributed by atoms with E-state index in [1.807, 2.05) is 0 Å². The molecule has 0 aromatic heterocycles. The van der Waals surface area contributed by atoms with Gasteiger partial charge in [-0.1, -0.05) is 194 Å². The van der Waals surface area contributed by atoms with E-state index in [1.165, 1.54) is 154 Å².